The molecule has 0 aliphatic rings. The molecule has 1 aromatic carbocycles. The lowest BCUT2D eigenvalue weighted by Crippen LogP contribution is -2.06. The van der Waals surface area contributed by atoms with Crippen LogP contribution in [-0.2, 0) is 0 Å². The van der Waals surface area contributed by atoms with Gasteiger partial charge in [0, 0.05) is 18.1 Å². The van der Waals surface area contributed by atoms with Crippen LogP contribution in [0.1, 0.15) is 13.8 Å². The molecule has 0 bridgehead atoms. The van der Waals surface area contributed by atoms with Crippen molar-refractivity contribution in [2.24, 2.45) is 0 Å². The van der Waals surface area contributed by atoms with E-state index >= 15 is 0 Å². The van der Waals surface area contributed by atoms with E-state index in [-0.39, 0.29) is 6.61 Å². The summed E-state index contributed by atoms with van der Waals surface area (Å²) in [7, 11) is 0. The predicted octanol–water partition coefficient (Wildman–Crippen LogP) is 2.44. The third kappa shape index (κ3) is 3.30. The summed E-state index contributed by atoms with van der Waals surface area (Å²) in [6.07, 6.45) is 1.79. The number of fused-ring (bicyclic) bond motifs is 1. The van der Waals surface area contributed by atoms with Crippen LogP contribution in [-0.4, -0.2) is 36.5 Å². The Labute approximate surface area is 118 Å². The van der Waals surface area contributed by atoms with Gasteiger partial charge in [0.2, 0.25) is 0 Å². The highest BCUT2D eigenvalue weighted by Gasteiger charge is 2.08. The van der Waals surface area contributed by atoms with Gasteiger partial charge >= 0.3 is 0 Å². The lowest BCUT2D eigenvalue weighted by molar-refractivity contribution is 0.288. The summed E-state index contributed by atoms with van der Waals surface area (Å²) in [6, 6.07) is 5.82. The van der Waals surface area contributed by atoms with Crippen LogP contribution in [0.25, 0.3) is 10.8 Å². The van der Waals surface area contributed by atoms with E-state index in [1.54, 1.807) is 6.20 Å². The Morgan fingerprint density at radius 2 is 1.70 bits per heavy atom. The number of nitrogens with one attached hydrogen (secondary N) is 1. The van der Waals surface area contributed by atoms with E-state index in [2.05, 4.69) is 10.3 Å². The minimum atomic E-state index is 0.0766. The second-order valence-electron chi connectivity index (χ2n) is 4.23. The molecule has 5 nitrogen and oxygen atoms in total. The molecule has 5 heteroatoms. The number of hydrogen-bond donors (Lipinski definition) is 2. The average Bonchev–Trinajstić information content (AvgIpc) is 2.46. The first kappa shape index (κ1) is 14.4. The molecule has 108 valence electrons. The SMILES string of the molecule is CCOc1cc2cnc(NCCO)cc2cc1OCC. The number of nitrogens with zero attached hydrogens (tertiary/aromatic N) is 1. The molecular weight excluding hydrogens is 256 g/mol. The third-order valence-corrected chi connectivity index (χ3v) is 2.80. The van der Waals surface area contributed by atoms with Crippen molar-refractivity contribution < 1.29 is 14.6 Å². The number of aromatic nitrogens is 1. The van der Waals surface area contributed by atoms with Crippen LogP contribution in [0.4, 0.5) is 5.82 Å². The number of pyridine rings is 1. The van der Waals surface area contributed by atoms with Gasteiger partial charge in [0.25, 0.3) is 0 Å². The molecule has 1 aromatic heterocycles. The predicted molar refractivity (Wildman–Crippen MR) is 79.7 cm³/mol. The number of aliphatic hydroxyl groups excluding tert-OH is 1. The summed E-state index contributed by atoms with van der Waals surface area (Å²) in [4.78, 5) is 4.30. The largest absolute Gasteiger partial charge is 0.490 e. The lowest BCUT2D eigenvalue weighted by atomic mass is 10.1. The number of benzene rings is 1. The Bertz CT molecular complexity index is 572. The fourth-order valence-electron chi connectivity index (χ4n) is 1.97. The van der Waals surface area contributed by atoms with Crippen LogP contribution in [0.15, 0.2) is 24.4 Å². The van der Waals surface area contributed by atoms with Crippen LogP contribution in [0.2, 0.25) is 0 Å². The maximum atomic E-state index is 8.82. The third-order valence-electron chi connectivity index (χ3n) is 2.80. The van der Waals surface area contributed by atoms with E-state index in [1.807, 2.05) is 32.0 Å². The zero-order valence-corrected chi connectivity index (χ0v) is 11.8. The van der Waals surface area contributed by atoms with Gasteiger partial charge in [0.05, 0.1) is 19.8 Å². The molecule has 0 unspecified atom stereocenters. The van der Waals surface area contributed by atoms with Crippen LogP contribution in [0, 0.1) is 0 Å². The molecule has 0 fully saturated rings. The summed E-state index contributed by atoms with van der Waals surface area (Å²) in [5.41, 5.74) is 0. The van der Waals surface area contributed by atoms with Crippen LogP contribution >= 0.6 is 0 Å². The minimum absolute atomic E-state index is 0.0766. The van der Waals surface area contributed by atoms with Gasteiger partial charge in [0.1, 0.15) is 5.82 Å². The van der Waals surface area contributed by atoms with E-state index < -0.39 is 0 Å². The van der Waals surface area contributed by atoms with Crippen LogP contribution < -0.4 is 14.8 Å². The number of ether oxygens (including phenoxy) is 2. The molecule has 0 spiro atoms. The average molecular weight is 276 g/mol. The zero-order chi connectivity index (χ0) is 14.4. The molecular formula is C15H20N2O3. The van der Waals surface area contributed by atoms with Crippen LogP contribution in [0.5, 0.6) is 11.5 Å². The van der Waals surface area contributed by atoms with Crippen molar-refractivity contribution in [2.45, 2.75) is 13.8 Å². The monoisotopic (exact) mass is 276 g/mol. The van der Waals surface area contributed by atoms with E-state index in [4.69, 9.17) is 14.6 Å². The van der Waals surface area contributed by atoms with E-state index in [1.165, 1.54) is 0 Å². The second kappa shape index (κ2) is 6.96. The first-order valence-electron chi connectivity index (χ1n) is 6.82. The molecule has 2 rings (SSSR count). The Hall–Kier alpha value is -2.01. The van der Waals surface area contributed by atoms with Crippen LogP contribution in [0.3, 0.4) is 0 Å². The van der Waals surface area contributed by atoms with Gasteiger partial charge in [-0.25, -0.2) is 4.98 Å². The van der Waals surface area contributed by atoms with Crippen molar-refractivity contribution in [3.63, 3.8) is 0 Å². The lowest BCUT2D eigenvalue weighted by Gasteiger charge is -2.12. The maximum absolute atomic E-state index is 8.82. The normalized spacial score (nSPS) is 10.6. The molecule has 0 amide bonds. The Balaban J connectivity index is 2.39. The summed E-state index contributed by atoms with van der Waals surface area (Å²) in [5.74, 6) is 2.21. The fourth-order valence-corrected chi connectivity index (χ4v) is 1.97. The zero-order valence-electron chi connectivity index (χ0n) is 11.8. The number of aliphatic hydroxyl groups is 1. The first-order chi connectivity index (χ1) is 9.78. The molecule has 0 aliphatic carbocycles. The quantitative estimate of drug-likeness (QED) is 0.813. The first-order valence-corrected chi connectivity index (χ1v) is 6.82. The molecule has 0 radical (unpaired) electrons. The van der Waals surface area contributed by atoms with Crippen molar-refractivity contribution in [3.05, 3.63) is 24.4 Å². The van der Waals surface area contributed by atoms with Gasteiger partial charge in [0.15, 0.2) is 11.5 Å². The van der Waals surface area contributed by atoms with E-state index in [0.29, 0.717) is 19.8 Å². The molecule has 0 atom stereocenters. The summed E-state index contributed by atoms with van der Waals surface area (Å²) >= 11 is 0. The van der Waals surface area contributed by atoms with Crippen molar-refractivity contribution in [2.75, 3.05) is 31.7 Å². The van der Waals surface area contributed by atoms with Crippen molar-refractivity contribution in [1.29, 1.82) is 0 Å². The Morgan fingerprint density at radius 3 is 2.30 bits per heavy atom. The summed E-state index contributed by atoms with van der Waals surface area (Å²) in [6.45, 7) is 5.63. The summed E-state index contributed by atoms with van der Waals surface area (Å²) < 4.78 is 11.2. The van der Waals surface area contributed by atoms with Crippen molar-refractivity contribution in [1.82, 2.24) is 4.98 Å². The molecule has 0 saturated carbocycles. The van der Waals surface area contributed by atoms with Gasteiger partial charge in [-0.1, -0.05) is 0 Å². The second-order valence-corrected chi connectivity index (χ2v) is 4.23. The Morgan fingerprint density at radius 1 is 1.05 bits per heavy atom. The van der Waals surface area contributed by atoms with E-state index in [9.17, 15) is 0 Å². The maximum Gasteiger partial charge on any atom is 0.161 e. The Kier molecular flexibility index (Phi) is 5.01. The standard InChI is InChI=1S/C15H20N2O3/c1-3-19-13-7-11-9-15(16-5-6-18)17-10-12(11)8-14(13)20-4-2/h7-10,18H,3-6H2,1-2H3,(H,16,17). The van der Waals surface area contributed by atoms with Gasteiger partial charge in [-0.15, -0.1) is 0 Å². The highest BCUT2D eigenvalue weighted by Crippen LogP contribution is 2.33. The highest BCUT2D eigenvalue weighted by atomic mass is 16.5. The van der Waals surface area contributed by atoms with Gasteiger partial charge in [-0.3, -0.25) is 0 Å². The molecule has 1 heterocycles. The molecule has 0 aliphatic heterocycles. The molecule has 2 N–H and O–H groups in total. The topological polar surface area (TPSA) is 63.6 Å². The highest BCUT2D eigenvalue weighted by molar-refractivity contribution is 5.87. The van der Waals surface area contributed by atoms with Gasteiger partial charge in [-0.05, 0) is 37.4 Å². The fraction of sp³-hybridized carbons (Fsp3) is 0.400. The molecule has 2 aromatic rings. The summed E-state index contributed by atoms with van der Waals surface area (Å²) in [5, 5.41) is 13.9. The van der Waals surface area contributed by atoms with Gasteiger partial charge in [-0.2, -0.15) is 0 Å². The smallest absolute Gasteiger partial charge is 0.161 e. The number of rotatable bonds is 7. The van der Waals surface area contributed by atoms with E-state index in [0.717, 1.165) is 28.1 Å². The molecule has 20 heavy (non-hydrogen) atoms. The van der Waals surface area contributed by atoms with Crippen molar-refractivity contribution in [3.8, 4) is 11.5 Å². The minimum Gasteiger partial charge on any atom is -0.490 e. The number of anilines is 1. The van der Waals surface area contributed by atoms with Crippen molar-refractivity contribution >= 4 is 16.6 Å². The number of hydrogen-bond acceptors (Lipinski definition) is 5. The molecule has 0 saturated heterocycles. The van der Waals surface area contributed by atoms with Gasteiger partial charge < -0.3 is 19.9 Å².